The Morgan fingerprint density at radius 2 is 2.35 bits per heavy atom. The van der Waals surface area contributed by atoms with Gasteiger partial charge in [-0.15, -0.1) is 0 Å². The molecule has 1 fully saturated rings. The predicted molar refractivity (Wildman–Crippen MR) is 83.7 cm³/mol. The molecule has 2 aromatic rings. The number of likely N-dealkylation sites (tertiary alicyclic amines) is 1. The van der Waals surface area contributed by atoms with Crippen LogP contribution >= 0.6 is 0 Å². The Bertz CT molecular complexity index is 672. The van der Waals surface area contributed by atoms with Crippen molar-refractivity contribution in [3.8, 4) is 5.75 Å². The molecule has 0 bridgehead atoms. The van der Waals surface area contributed by atoms with Crippen molar-refractivity contribution in [2.45, 2.75) is 25.3 Å². The third-order valence-electron chi connectivity index (χ3n) is 4.22. The van der Waals surface area contributed by atoms with Gasteiger partial charge in [-0.1, -0.05) is 6.07 Å². The number of nitrogens with zero attached hydrogens (tertiary/aromatic N) is 3. The van der Waals surface area contributed by atoms with Crippen LogP contribution in [0.5, 0.6) is 5.75 Å². The summed E-state index contributed by atoms with van der Waals surface area (Å²) in [6, 6.07) is 6.76. The average Bonchev–Trinajstić information content (AvgIpc) is 3.10. The molecule has 1 saturated heterocycles. The van der Waals surface area contributed by atoms with E-state index in [0.29, 0.717) is 12.1 Å². The van der Waals surface area contributed by atoms with Gasteiger partial charge in [-0.2, -0.15) is 5.10 Å². The molecule has 1 aromatic heterocycles. The number of carbonyl (C=O) groups excluding carboxylic acids is 1. The molecular weight excluding hydrogens is 297 g/mol. The summed E-state index contributed by atoms with van der Waals surface area (Å²) in [5.74, 6) is -0.227. The van der Waals surface area contributed by atoms with Crippen LogP contribution in [0.3, 0.4) is 0 Å². The molecule has 0 spiro atoms. The zero-order chi connectivity index (χ0) is 16.2. The lowest BCUT2D eigenvalue weighted by atomic mass is 10.0. The van der Waals surface area contributed by atoms with Crippen molar-refractivity contribution in [1.82, 2.24) is 14.7 Å². The summed E-state index contributed by atoms with van der Waals surface area (Å²) in [4.78, 5) is 14.3. The Hall–Kier alpha value is -2.37. The lowest BCUT2D eigenvalue weighted by Crippen LogP contribution is -2.41. The highest BCUT2D eigenvalue weighted by molar-refractivity contribution is 5.79. The minimum Gasteiger partial charge on any atom is -0.494 e. The van der Waals surface area contributed by atoms with E-state index in [1.807, 2.05) is 21.8 Å². The molecular formula is C17H20FN3O2. The number of aromatic nitrogens is 2. The zero-order valence-corrected chi connectivity index (χ0v) is 13.1. The minimum absolute atomic E-state index is 0.0198. The highest BCUT2D eigenvalue weighted by Gasteiger charge is 2.25. The molecule has 1 aromatic carbocycles. The summed E-state index contributed by atoms with van der Waals surface area (Å²) in [5.41, 5.74) is 0.662. The van der Waals surface area contributed by atoms with E-state index in [0.717, 1.165) is 19.4 Å². The first-order valence-corrected chi connectivity index (χ1v) is 7.76. The van der Waals surface area contributed by atoms with Crippen LogP contribution in [0, 0.1) is 5.82 Å². The van der Waals surface area contributed by atoms with E-state index in [1.165, 1.54) is 13.2 Å². The molecule has 1 amide bonds. The van der Waals surface area contributed by atoms with E-state index in [2.05, 4.69) is 5.10 Å². The predicted octanol–water partition coefficient (Wildman–Crippen LogP) is 2.44. The van der Waals surface area contributed by atoms with Crippen LogP contribution in [0.4, 0.5) is 4.39 Å². The van der Waals surface area contributed by atoms with Crippen LogP contribution < -0.4 is 4.74 Å². The number of rotatable bonds is 4. The third-order valence-corrected chi connectivity index (χ3v) is 4.22. The number of piperidine rings is 1. The molecule has 23 heavy (non-hydrogen) atoms. The van der Waals surface area contributed by atoms with Gasteiger partial charge >= 0.3 is 0 Å². The van der Waals surface area contributed by atoms with E-state index in [9.17, 15) is 9.18 Å². The molecule has 0 radical (unpaired) electrons. The van der Waals surface area contributed by atoms with Crippen molar-refractivity contribution in [1.29, 1.82) is 0 Å². The lowest BCUT2D eigenvalue weighted by molar-refractivity contribution is -0.132. The lowest BCUT2D eigenvalue weighted by Gasteiger charge is -2.33. The van der Waals surface area contributed by atoms with Gasteiger partial charge in [0.25, 0.3) is 0 Å². The normalized spacial score (nSPS) is 18.0. The summed E-state index contributed by atoms with van der Waals surface area (Å²) in [6.45, 7) is 1.40. The van der Waals surface area contributed by atoms with Crippen molar-refractivity contribution >= 4 is 5.91 Å². The van der Waals surface area contributed by atoms with E-state index < -0.39 is 5.82 Å². The molecule has 0 aliphatic carbocycles. The molecule has 122 valence electrons. The number of amides is 1. The van der Waals surface area contributed by atoms with Gasteiger partial charge in [0.05, 0.1) is 19.6 Å². The number of hydrogen-bond donors (Lipinski definition) is 0. The molecule has 0 saturated carbocycles. The van der Waals surface area contributed by atoms with Crippen LogP contribution in [0.1, 0.15) is 24.4 Å². The second kappa shape index (κ2) is 6.81. The van der Waals surface area contributed by atoms with Gasteiger partial charge in [0.1, 0.15) is 0 Å². The van der Waals surface area contributed by atoms with Crippen molar-refractivity contribution in [3.63, 3.8) is 0 Å². The van der Waals surface area contributed by atoms with Crippen LogP contribution in [-0.2, 0) is 11.2 Å². The van der Waals surface area contributed by atoms with E-state index >= 15 is 0 Å². The van der Waals surface area contributed by atoms with Crippen molar-refractivity contribution in [2.75, 3.05) is 20.2 Å². The second-order valence-electron chi connectivity index (χ2n) is 5.77. The molecule has 3 rings (SSSR count). The van der Waals surface area contributed by atoms with Crippen LogP contribution in [0.15, 0.2) is 36.7 Å². The number of benzene rings is 1. The number of halogens is 1. The van der Waals surface area contributed by atoms with Gasteiger partial charge in [0, 0.05) is 25.5 Å². The molecule has 1 atom stereocenters. The van der Waals surface area contributed by atoms with E-state index in [-0.39, 0.29) is 24.1 Å². The van der Waals surface area contributed by atoms with Gasteiger partial charge in [0.2, 0.25) is 5.91 Å². The standard InChI is InChI=1S/C17H20FN3O2/c1-23-16-6-5-13(10-15(16)18)11-17(22)20-8-2-4-14(12-20)21-9-3-7-19-21/h3,5-7,9-10,14H,2,4,8,11-12H2,1H3/t14-/m0/s1. The Morgan fingerprint density at radius 3 is 3.04 bits per heavy atom. The summed E-state index contributed by atoms with van der Waals surface area (Å²) in [6.07, 6.45) is 5.85. The number of ether oxygens (including phenoxy) is 1. The Balaban J connectivity index is 1.64. The van der Waals surface area contributed by atoms with Crippen LogP contribution in [-0.4, -0.2) is 40.8 Å². The molecule has 2 heterocycles. The average molecular weight is 317 g/mol. The van der Waals surface area contributed by atoms with Crippen LogP contribution in [0.2, 0.25) is 0 Å². The Labute approximate surface area is 134 Å². The smallest absolute Gasteiger partial charge is 0.227 e. The van der Waals surface area contributed by atoms with Crippen molar-refractivity contribution in [3.05, 3.63) is 48.0 Å². The second-order valence-corrected chi connectivity index (χ2v) is 5.77. The fraction of sp³-hybridized carbons (Fsp3) is 0.412. The first kappa shape index (κ1) is 15.5. The first-order valence-electron chi connectivity index (χ1n) is 7.76. The zero-order valence-electron chi connectivity index (χ0n) is 13.1. The fourth-order valence-electron chi connectivity index (χ4n) is 3.00. The van der Waals surface area contributed by atoms with E-state index in [1.54, 1.807) is 18.3 Å². The molecule has 0 unspecified atom stereocenters. The Morgan fingerprint density at radius 1 is 1.48 bits per heavy atom. The molecule has 6 heteroatoms. The van der Waals surface area contributed by atoms with Gasteiger partial charge in [-0.3, -0.25) is 9.48 Å². The largest absolute Gasteiger partial charge is 0.494 e. The highest BCUT2D eigenvalue weighted by atomic mass is 19.1. The molecule has 5 nitrogen and oxygen atoms in total. The SMILES string of the molecule is COc1ccc(CC(=O)N2CCC[C@H](n3cccn3)C2)cc1F. The molecule has 1 aliphatic heterocycles. The summed E-state index contributed by atoms with van der Waals surface area (Å²) < 4.78 is 20.5. The van der Waals surface area contributed by atoms with Gasteiger partial charge in [-0.05, 0) is 36.6 Å². The van der Waals surface area contributed by atoms with Crippen molar-refractivity contribution in [2.24, 2.45) is 0 Å². The third kappa shape index (κ3) is 3.52. The highest BCUT2D eigenvalue weighted by Crippen LogP contribution is 2.22. The maximum atomic E-state index is 13.7. The summed E-state index contributed by atoms with van der Waals surface area (Å²) in [5, 5.41) is 4.26. The number of carbonyl (C=O) groups is 1. The Kier molecular flexibility index (Phi) is 4.60. The van der Waals surface area contributed by atoms with E-state index in [4.69, 9.17) is 4.74 Å². The first-order chi connectivity index (χ1) is 11.2. The maximum Gasteiger partial charge on any atom is 0.227 e. The summed E-state index contributed by atoms with van der Waals surface area (Å²) >= 11 is 0. The quantitative estimate of drug-likeness (QED) is 0.870. The van der Waals surface area contributed by atoms with Gasteiger partial charge in [0.15, 0.2) is 11.6 Å². The van der Waals surface area contributed by atoms with Crippen molar-refractivity contribution < 1.29 is 13.9 Å². The maximum absolute atomic E-state index is 13.7. The minimum atomic E-state index is -0.439. The molecule has 1 aliphatic rings. The van der Waals surface area contributed by atoms with Crippen LogP contribution in [0.25, 0.3) is 0 Å². The number of hydrogen-bond acceptors (Lipinski definition) is 3. The fourth-order valence-corrected chi connectivity index (χ4v) is 3.00. The topological polar surface area (TPSA) is 47.4 Å². The molecule has 0 N–H and O–H groups in total. The number of methoxy groups -OCH3 is 1. The summed E-state index contributed by atoms with van der Waals surface area (Å²) in [7, 11) is 1.42. The van der Waals surface area contributed by atoms with Gasteiger partial charge in [-0.25, -0.2) is 4.39 Å². The monoisotopic (exact) mass is 317 g/mol. The van der Waals surface area contributed by atoms with Gasteiger partial charge < -0.3 is 9.64 Å².